The van der Waals surface area contributed by atoms with Crippen molar-refractivity contribution in [3.05, 3.63) is 47.2 Å². The van der Waals surface area contributed by atoms with Crippen LogP contribution in [0.25, 0.3) is 0 Å². The lowest BCUT2D eigenvalue weighted by Gasteiger charge is -2.51. The largest absolute Gasteiger partial charge is 0.508 e. The molecule has 5 aliphatic rings. The first-order valence-electron chi connectivity index (χ1n) is 12.6. The standard InChI is InChI=1S/C27H25BrCl2N2O6/c1-2-7-31-22(34)17-5-4-16-18(20(17)23(31)35)10-26(29)24(36)32(12-28)25(37)27(26,30)21(16)14-8-13-9-15(33)3-6-19(13)38-11-14/h3-4,6,9,11,17-18,20-21,33H,2,5,7-8,10,12H2,1H3/t17-,18+,20-,21-,26+,27-/m0/s1. The average molecular weight is 624 g/mol. The van der Waals surface area contributed by atoms with Crippen LogP contribution in [0.15, 0.2) is 41.7 Å². The van der Waals surface area contributed by atoms with Crippen LogP contribution >= 0.6 is 39.1 Å². The quantitative estimate of drug-likeness (QED) is 0.236. The van der Waals surface area contributed by atoms with Gasteiger partial charge in [0.25, 0.3) is 11.8 Å². The molecule has 8 nitrogen and oxygen atoms in total. The van der Waals surface area contributed by atoms with Gasteiger partial charge in [0.1, 0.15) is 11.5 Å². The van der Waals surface area contributed by atoms with Gasteiger partial charge in [-0.1, -0.05) is 34.5 Å². The van der Waals surface area contributed by atoms with Crippen molar-refractivity contribution in [2.75, 3.05) is 12.0 Å². The van der Waals surface area contributed by atoms with Gasteiger partial charge in [0, 0.05) is 24.4 Å². The van der Waals surface area contributed by atoms with Crippen LogP contribution < -0.4 is 4.74 Å². The van der Waals surface area contributed by atoms with Gasteiger partial charge in [0.2, 0.25) is 11.8 Å². The third-order valence-corrected chi connectivity index (χ3v) is 10.6. The number of hydrogen-bond acceptors (Lipinski definition) is 6. The van der Waals surface area contributed by atoms with Crippen molar-refractivity contribution in [2.24, 2.45) is 23.7 Å². The maximum atomic E-state index is 13.8. The third kappa shape index (κ3) is 3.21. The van der Waals surface area contributed by atoms with E-state index in [1.807, 2.05) is 13.0 Å². The zero-order valence-electron chi connectivity index (χ0n) is 20.5. The Balaban J connectivity index is 1.51. The number of benzene rings is 1. The van der Waals surface area contributed by atoms with Gasteiger partial charge < -0.3 is 9.84 Å². The van der Waals surface area contributed by atoms with Gasteiger partial charge in [-0.05, 0) is 49.0 Å². The summed E-state index contributed by atoms with van der Waals surface area (Å²) < 4.78 is 5.89. The number of halogens is 3. The third-order valence-electron chi connectivity index (χ3n) is 8.70. The second-order valence-corrected chi connectivity index (χ2v) is 12.3. The Bertz CT molecular complexity index is 1360. The number of rotatable bonds is 4. The van der Waals surface area contributed by atoms with E-state index in [-0.39, 0.29) is 29.4 Å². The van der Waals surface area contributed by atoms with E-state index in [1.165, 1.54) is 17.2 Å². The van der Waals surface area contributed by atoms with E-state index in [4.69, 9.17) is 27.9 Å². The van der Waals surface area contributed by atoms with E-state index in [0.29, 0.717) is 42.7 Å². The zero-order chi connectivity index (χ0) is 27.1. The molecule has 1 saturated carbocycles. The molecule has 1 aromatic carbocycles. The highest BCUT2D eigenvalue weighted by Crippen LogP contribution is 2.64. The summed E-state index contributed by atoms with van der Waals surface area (Å²) in [6.45, 7) is 2.23. The molecule has 200 valence electrons. The molecule has 1 aromatic rings. The van der Waals surface area contributed by atoms with Gasteiger partial charge in [-0.3, -0.25) is 29.0 Å². The Hall–Kier alpha value is -2.36. The first kappa shape index (κ1) is 25.9. The number of carbonyl (C=O) groups excluding carboxylic acids is 4. The maximum Gasteiger partial charge on any atom is 0.254 e. The van der Waals surface area contributed by atoms with Gasteiger partial charge in [0.15, 0.2) is 9.75 Å². The number of imide groups is 2. The van der Waals surface area contributed by atoms with Crippen molar-refractivity contribution in [1.29, 1.82) is 0 Å². The molecule has 3 aliphatic heterocycles. The molecule has 2 aliphatic carbocycles. The molecule has 3 heterocycles. The summed E-state index contributed by atoms with van der Waals surface area (Å²) in [5.74, 6) is -3.74. The monoisotopic (exact) mass is 622 g/mol. The van der Waals surface area contributed by atoms with Crippen LogP contribution in [0, 0.1) is 23.7 Å². The summed E-state index contributed by atoms with van der Waals surface area (Å²) >= 11 is 17.7. The van der Waals surface area contributed by atoms with Crippen molar-refractivity contribution in [1.82, 2.24) is 9.80 Å². The van der Waals surface area contributed by atoms with E-state index in [2.05, 4.69) is 15.9 Å². The maximum absolute atomic E-state index is 13.8. The molecule has 0 spiro atoms. The second kappa shape index (κ2) is 8.83. The molecule has 3 fully saturated rings. The Morgan fingerprint density at radius 3 is 2.58 bits per heavy atom. The van der Waals surface area contributed by atoms with Crippen molar-refractivity contribution in [2.45, 2.75) is 42.4 Å². The minimum atomic E-state index is -1.87. The molecule has 4 amide bonds. The molecule has 38 heavy (non-hydrogen) atoms. The Kier molecular flexibility index (Phi) is 6.01. The lowest BCUT2D eigenvalue weighted by atomic mass is 9.56. The normalized spacial score (nSPS) is 35.8. The predicted octanol–water partition coefficient (Wildman–Crippen LogP) is 3.86. The summed E-state index contributed by atoms with van der Waals surface area (Å²) in [6.07, 6.45) is 4.65. The number of phenols is 1. The fourth-order valence-electron chi connectivity index (χ4n) is 7.07. The minimum absolute atomic E-state index is 0.0415. The molecule has 0 radical (unpaired) electrons. The van der Waals surface area contributed by atoms with Gasteiger partial charge in [-0.2, -0.15) is 0 Å². The van der Waals surface area contributed by atoms with Crippen LogP contribution in [-0.2, 0) is 25.6 Å². The summed E-state index contributed by atoms with van der Waals surface area (Å²) in [4.78, 5) is 52.9. The Morgan fingerprint density at radius 1 is 1.11 bits per heavy atom. The molecule has 0 aromatic heterocycles. The summed E-state index contributed by atoms with van der Waals surface area (Å²) in [5, 5.41) is 10.1. The number of fused-ring (bicyclic) bond motifs is 5. The Labute approximate surface area is 237 Å². The van der Waals surface area contributed by atoms with Crippen LogP contribution in [0.4, 0.5) is 0 Å². The number of phenolic OH excluding ortho intramolecular Hbond substituents is 1. The molecular weight excluding hydrogens is 599 g/mol. The van der Waals surface area contributed by atoms with Crippen LogP contribution in [0.3, 0.4) is 0 Å². The van der Waals surface area contributed by atoms with E-state index in [9.17, 15) is 24.3 Å². The fourth-order valence-corrected chi connectivity index (χ4v) is 8.51. The fraction of sp³-hybridized carbons (Fsp3) is 0.481. The number of aromatic hydroxyl groups is 1. The highest BCUT2D eigenvalue weighted by Gasteiger charge is 2.76. The van der Waals surface area contributed by atoms with E-state index in [1.54, 1.807) is 12.1 Å². The first-order chi connectivity index (χ1) is 18.1. The van der Waals surface area contributed by atoms with Gasteiger partial charge in [0.05, 0.1) is 23.6 Å². The van der Waals surface area contributed by atoms with E-state index < -0.39 is 45.2 Å². The number of allylic oxidation sites excluding steroid dienone is 3. The number of nitrogens with zero attached hydrogens (tertiary/aromatic N) is 2. The molecule has 0 unspecified atom stereocenters. The summed E-state index contributed by atoms with van der Waals surface area (Å²) in [7, 11) is 0. The number of ether oxygens (including phenoxy) is 1. The number of carbonyl (C=O) groups is 4. The SMILES string of the molecule is CCCN1C(=O)[C@H]2[C@H](CC=C3[C@H](C4=COc5ccc(O)cc5C4)[C@]4(Cl)C(=O)N(CBr)C(=O)[C@]4(Cl)C[C@H]32)C1=O. The van der Waals surface area contributed by atoms with Crippen molar-refractivity contribution in [3.8, 4) is 11.5 Å². The Morgan fingerprint density at radius 2 is 1.87 bits per heavy atom. The highest BCUT2D eigenvalue weighted by molar-refractivity contribution is 9.09. The van der Waals surface area contributed by atoms with Crippen molar-refractivity contribution < 1.29 is 29.0 Å². The predicted molar refractivity (Wildman–Crippen MR) is 142 cm³/mol. The molecule has 1 N–H and O–H groups in total. The molecule has 2 saturated heterocycles. The zero-order valence-corrected chi connectivity index (χ0v) is 23.6. The van der Waals surface area contributed by atoms with Crippen molar-refractivity contribution >= 4 is 62.8 Å². The molecular formula is C27H25BrCl2N2O6. The topological polar surface area (TPSA) is 104 Å². The molecule has 11 heteroatoms. The van der Waals surface area contributed by atoms with Crippen LogP contribution in [-0.4, -0.2) is 60.3 Å². The number of alkyl halides is 3. The van der Waals surface area contributed by atoms with Crippen LogP contribution in [0.2, 0.25) is 0 Å². The van der Waals surface area contributed by atoms with Gasteiger partial charge >= 0.3 is 0 Å². The highest BCUT2D eigenvalue weighted by atomic mass is 79.9. The van der Waals surface area contributed by atoms with Gasteiger partial charge in [-0.15, -0.1) is 23.2 Å². The molecule has 6 rings (SSSR count). The van der Waals surface area contributed by atoms with E-state index in [0.717, 1.165) is 10.5 Å². The molecule has 6 atom stereocenters. The minimum Gasteiger partial charge on any atom is -0.508 e. The smallest absolute Gasteiger partial charge is 0.254 e. The lowest BCUT2D eigenvalue weighted by Crippen LogP contribution is -2.61. The van der Waals surface area contributed by atoms with Gasteiger partial charge in [-0.25, -0.2) is 0 Å². The lowest BCUT2D eigenvalue weighted by molar-refractivity contribution is -0.141. The second-order valence-electron chi connectivity index (χ2n) is 10.6. The number of amides is 4. The average Bonchev–Trinajstić information content (AvgIpc) is 3.22. The first-order valence-corrected chi connectivity index (χ1v) is 14.5. The van der Waals surface area contributed by atoms with Crippen LogP contribution in [0.1, 0.15) is 31.7 Å². The number of hydrogen-bond donors (Lipinski definition) is 1. The summed E-state index contributed by atoms with van der Waals surface area (Å²) in [5.41, 5.74) is 1.95. The summed E-state index contributed by atoms with van der Waals surface area (Å²) in [6, 6.07) is 4.75. The van der Waals surface area contributed by atoms with E-state index >= 15 is 0 Å². The van der Waals surface area contributed by atoms with Crippen LogP contribution in [0.5, 0.6) is 11.5 Å². The number of likely N-dealkylation sites (tertiary alicyclic amines) is 2. The molecule has 0 bridgehead atoms. The van der Waals surface area contributed by atoms with Crippen molar-refractivity contribution in [3.63, 3.8) is 0 Å².